The van der Waals surface area contributed by atoms with Crippen LogP contribution in [0.5, 0.6) is 0 Å². The van der Waals surface area contributed by atoms with Gasteiger partial charge in [-0.1, -0.05) is 25.6 Å². The summed E-state index contributed by atoms with van der Waals surface area (Å²) in [4.78, 5) is 13.7. The summed E-state index contributed by atoms with van der Waals surface area (Å²) in [6, 6.07) is 4.16. The molecule has 0 saturated heterocycles. The second-order valence-electron chi connectivity index (χ2n) is 4.92. The maximum Gasteiger partial charge on any atom is 0.172 e. The summed E-state index contributed by atoms with van der Waals surface area (Å²) in [5.74, 6) is 0.594. The highest BCUT2D eigenvalue weighted by Gasteiger charge is 2.10. The summed E-state index contributed by atoms with van der Waals surface area (Å²) in [5, 5.41) is 1.17. The van der Waals surface area contributed by atoms with Gasteiger partial charge >= 0.3 is 0 Å². The lowest BCUT2D eigenvalue weighted by Gasteiger charge is -2.07. The van der Waals surface area contributed by atoms with Crippen LogP contribution >= 0.6 is 23.1 Å². The van der Waals surface area contributed by atoms with E-state index in [1.165, 1.54) is 5.39 Å². The number of aromatic nitrogens is 3. The van der Waals surface area contributed by atoms with E-state index < -0.39 is 0 Å². The Hall–Kier alpha value is -1.20. The van der Waals surface area contributed by atoms with Crippen LogP contribution in [0.1, 0.15) is 19.5 Å². The van der Waals surface area contributed by atoms with Gasteiger partial charge < -0.3 is 0 Å². The molecule has 0 bridgehead atoms. The first kappa shape index (κ1) is 12.8. The molecular weight excluding hydrogens is 274 g/mol. The largest absolute Gasteiger partial charge is 0.261 e. The molecule has 0 aliphatic carbocycles. The third kappa shape index (κ3) is 2.44. The highest BCUT2D eigenvalue weighted by molar-refractivity contribution is 8.00. The Morgan fingerprint density at radius 2 is 2.16 bits per heavy atom. The number of fused-ring (bicyclic) bond motifs is 2. The molecule has 0 N–H and O–H groups in total. The molecule has 3 heterocycles. The fourth-order valence-electron chi connectivity index (χ4n) is 2.12. The minimum absolute atomic E-state index is 0.594. The summed E-state index contributed by atoms with van der Waals surface area (Å²) >= 11 is 3.37. The average Bonchev–Trinajstić information content (AvgIpc) is 2.78. The van der Waals surface area contributed by atoms with Crippen molar-refractivity contribution < 1.29 is 0 Å². The third-order valence-electron chi connectivity index (χ3n) is 2.94. The van der Waals surface area contributed by atoms with Gasteiger partial charge in [-0.05, 0) is 30.7 Å². The predicted molar refractivity (Wildman–Crippen MR) is 83.0 cm³/mol. The van der Waals surface area contributed by atoms with E-state index in [9.17, 15) is 0 Å². The fourth-order valence-corrected chi connectivity index (χ4v) is 3.58. The van der Waals surface area contributed by atoms with Crippen LogP contribution in [0.2, 0.25) is 0 Å². The first-order valence-electron chi connectivity index (χ1n) is 6.26. The second-order valence-corrected chi connectivity index (χ2v) is 7.00. The lowest BCUT2D eigenvalue weighted by molar-refractivity contribution is 0.639. The van der Waals surface area contributed by atoms with E-state index >= 15 is 0 Å². The van der Waals surface area contributed by atoms with Crippen molar-refractivity contribution >= 4 is 44.3 Å². The average molecular weight is 289 g/mol. The Morgan fingerprint density at radius 1 is 1.32 bits per heavy atom. The van der Waals surface area contributed by atoms with Crippen LogP contribution in [0.3, 0.4) is 0 Å². The smallest absolute Gasteiger partial charge is 0.172 e. The zero-order chi connectivity index (χ0) is 13.4. The number of nitrogens with zero attached hydrogens (tertiary/aromatic N) is 3. The fraction of sp³-hybridized carbons (Fsp3) is 0.357. The number of rotatable bonds is 3. The van der Waals surface area contributed by atoms with Gasteiger partial charge in [0.2, 0.25) is 0 Å². The van der Waals surface area contributed by atoms with Gasteiger partial charge in [-0.25, -0.2) is 9.97 Å². The molecule has 0 unspecified atom stereocenters. The SMILES string of the molecule is CSc1nc2nc3ccnc(CC(C)C)c3cc2s1. The molecule has 0 aromatic carbocycles. The van der Waals surface area contributed by atoms with Crippen LogP contribution in [0.4, 0.5) is 0 Å². The van der Waals surface area contributed by atoms with Crippen LogP contribution in [-0.4, -0.2) is 21.2 Å². The Morgan fingerprint density at radius 3 is 2.89 bits per heavy atom. The monoisotopic (exact) mass is 289 g/mol. The molecule has 98 valence electrons. The Labute approximate surface area is 120 Å². The van der Waals surface area contributed by atoms with Gasteiger partial charge in [0.15, 0.2) is 9.99 Å². The first-order chi connectivity index (χ1) is 9.17. The van der Waals surface area contributed by atoms with Crippen molar-refractivity contribution in [1.29, 1.82) is 0 Å². The molecule has 19 heavy (non-hydrogen) atoms. The second kappa shape index (κ2) is 5.06. The van der Waals surface area contributed by atoms with Crippen molar-refractivity contribution in [1.82, 2.24) is 15.0 Å². The molecule has 3 aromatic rings. The minimum Gasteiger partial charge on any atom is -0.261 e. The minimum atomic E-state index is 0.594. The summed E-state index contributed by atoms with van der Waals surface area (Å²) in [7, 11) is 0. The number of hydrogen-bond donors (Lipinski definition) is 0. The molecule has 0 aliphatic rings. The van der Waals surface area contributed by atoms with Crippen molar-refractivity contribution in [3.05, 3.63) is 24.0 Å². The highest BCUT2D eigenvalue weighted by Crippen LogP contribution is 2.30. The van der Waals surface area contributed by atoms with E-state index in [4.69, 9.17) is 0 Å². The standard InChI is InChI=1S/C14H15N3S2/c1-8(2)6-11-9-7-12-13(17-14(18-3)19-12)16-10(9)4-5-15-11/h4-5,7-8H,6H2,1-3H3. The maximum atomic E-state index is 4.66. The quantitative estimate of drug-likeness (QED) is 0.679. The summed E-state index contributed by atoms with van der Waals surface area (Å²) in [6.45, 7) is 4.43. The maximum absolute atomic E-state index is 4.66. The lowest BCUT2D eigenvalue weighted by Crippen LogP contribution is -1.98. The normalized spacial score (nSPS) is 11.8. The molecule has 0 saturated carbocycles. The van der Waals surface area contributed by atoms with Crippen LogP contribution in [0.15, 0.2) is 22.7 Å². The molecule has 3 aromatic heterocycles. The molecular formula is C14H15N3S2. The van der Waals surface area contributed by atoms with Gasteiger partial charge in [-0.2, -0.15) is 0 Å². The molecule has 0 fully saturated rings. The van der Waals surface area contributed by atoms with Crippen molar-refractivity contribution in [2.75, 3.05) is 6.26 Å². The van der Waals surface area contributed by atoms with E-state index in [0.717, 1.165) is 32.3 Å². The number of hydrogen-bond acceptors (Lipinski definition) is 5. The van der Waals surface area contributed by atoms with E-state index in [1.807, 2.05) is 18.5 Å². The predicted octanol–water partition coefficient (Wildman–Crippen LogP) is 4.16. The van der Waals surface area contributed by atoms with Gasteiger partial charge in [0.1, 0.15) is 0 Å². The molecule has 0 spiro atoms. The Bertz CT molecular complexity index is 734. The Kier molecular flexibility index (Phi) is 3.41. The topological polar surface area (TPSA) is 38.7 Å². The number of pyridine rings is 2. The number of thioether (sulfide) groups is 1. The van der Waals surface area contributed by atoms with Crippen molar-refractivity contribution in [3.63, 3.8) is 0 Å². The molecule has 5 heteroatoms. The van der Waals surface area contributed by atoms with E-state index in [2.05, 4.69) is 34.9 Å². The van der Waals surface area contributed by atoms with Gasteiger partial charge in [0.25, 0.3) is 0 Å². The van der Waals surface area contributed by atoms with E-state index in [-0.39, 0.29) is 0 Å². The summed E-state index contributed by atoms with van der Waals surface area (Å²) in [5.41, 5.74) is 2.99. The first-order valence-corrected chi connectivity index (χ1v) is 8.30. The van der Waals surface area contributed by atoms with Gasteiger partial charge in [0.05, 0.1) is 15.9 Å². The molecule has 3 rings (SSSR count). The molecule has 0 radical (unpaired) electrons. The van der Waals surface area contributed by atoms with Crippen LogP contribution < -0.4 is 0 Å². The summed E-state index contributed by atoms with van der Waals surface area (Å²) < 4.78 is 2.21. The van der Waals surface area contributed by atoms with E-state index in [0.29, 0.717) is 5.92 Å². The van der Waals surface area contributed by atoms with Crippen molar-refractivity contribution in [2.24, 2.45) is 5.92 Å². The Balaban J connectivity index is 2.24. The zero-order valence-electron chi connectivity index (χ0n) is 11.2. The van der Waals surface area contributed by atoms with Gasteiger partial charge in [-0.3, -0.25) is 4.98 Å². The molecule has 0 atom stereocenters. The van der Waals surface area contributed by atoms with Gasteiger partial charge in [0, 0.05) is 11.6 Å². The highest BCUT2D eigenvalue weighted by atomic mass is 32.2. The summed E-state index contributed by atoms with van der Waals surface area (Å²) in [6.07, 6.45) is 4.88. The molecule has 0 amide bonds. The van der Waals surface area contributed by atoms with Crippen molar-refractivity contribution in [2.45, 2.75) is 24.6 Å². The number of thiazole rings is 1. The lowest BCUT2D eigenvalue weighted by atomic mass is 10.0. The molecule has 3 nitrogen and oxygen atoms in total. The van der Waals surface area contributed by atoms with Crippen molar-refractivity contribution in [3.8, 4) is 0 Å². The van der Waals surface area contributed by atoms with Gasteiger partial charge in [-0.15, -0.1) is 11.3 Å². The van der Waals surface area contributed by atoms with Crippen LogP contribution in [0.25, 0.3) is 21.3 Å². The van der Waals surface area contributed by atoms with E-state index in [1.54, 1.807) is 23.1 Å². The third-order valence-corrected chi connectivity index (χ3v) is 4.92. The molecule has 0 aliphatic heterocycles. The van der Waals surface area contributed by atoms with Crippen LogP contribution in [0, 0.1) is 5.92 Å². The zero-order valence-corrected chi connectivity index (χ0v) is 12.8. The van der Waals surface area contributed by atoms with Crippen LogP contribution in [-0.2, 0) is 6.42 Å².